The molecule has 0 amide bonds. The first kappa shape index (κ1) is 16.0. The van der Waals surface area contributed by atoms with Gasteiger partial charge in [0.2, 0.25) is 10.0 Å². The van der Waals surface area contributed by atoms with E-state index in [0.29, 0.717) is 5.92 Å². The minimum atomic E-state index is -3.57. The number of aromatic nitrogens is 3. The molecule has 0 saturated heterocycles. The smallest absolute Gasteiger partial charge is 0.240 e. The third kappa shape index (κ3) is 3.62. The number of hydrogen-bond acceptors (Lipinski definition) is 4. The lowest BCUT2D eigenvalue weighted by Gasteiger charge is -2.08. The van der Waals surface area contributed by atoms with Gasteiger partial charge in [0.05, 0.1) is 10.6 Å². The van der Waals surface area contributed by atoms with Crippen molar-refractivity contribution in [2.75, 3.05) is 0 Å². The highest BCUT2D eigenvalue weighted by Gasteiger charge is 2.24. The summed E-state index contributed by atoms with van der Waals surface area (Å²) in [6, 6.07) is 12.3. The van der Waals surface area contributed by atoms with Gasteiger partial charge in [0.25, 0.3) is 0 Å². The van der Waals surface area contributed by atoms with Crippen molar-refractivity contribution in [1.29, 1.82) is 0 Å². The monoisotopic (exact) mass is 354 g/mol. The van der Waals surface area contributed by atoms with Crippen LogP contribution in [0.5, 0.6) is 0 Å². The van der Waals surface area contributed by atoms with Crippen LogP contribution in [0.2, 0.25) is 0 Å². The van der Waals surface area contributed by atoms with Crippen LogP contribution in [0.25, 0.3) is 5.69 Å². The number of rotatable bonds is 6. The van der Waals surface area contributed by atoms with Gasteiger partial charge in [0, 0.05) is 36.7 Å². The molecule has 7 heteroatoms. The number of benzene rings is 1. The zero-order chi connectivity index (χ0) is 17.3. The van der Waals surface area contributed by atoms with Crippen molar-refractivity contribution in [3.63, 3.8) is 0 Å². The van der Waals surface area contributed by atoms with Gasteiger partial charge in [-0.2, -0.15) is 5.10 Å². The van der Waals surface area contributed by atoms with Gasteiger partial charge >= 0.3 is 0 Å². The van der Waals surface area contributed by atoms with E-state index in [9.17, 15) is 8.42 Å². The van der Waals surface area contributed by atoms with Gasteiger partial charge in [-0.05, 0) is 54.8 Å². The van der Waals surface area contributed by atoms with E-state index < -0.39 is 10.0 Å². The molecule has 25 heavy (non-hydrogen) atoms. The van der Waals surface area contributed by atoms with Gasteiger partial charge in [-0.25, -0.2) is 17.8 Å². The molecule has 0 unspecified atom stereocenters. The zero-order valence-corrected chi connectivity index (χ0v) is 14.4. The molecule has 1 aliphatic rings. The summed E-state index contributed by atoms with van der Waals surface area (Å²) in [4.78, 5) is 4.64. The van der Waals surface area contributed by atoms with Gasteiger partial charge in [-0.3, -0.25) is 4.98 Å². The van der Waals surface area contributed by atoms with E-state index in [2.05, 4.69) is 14.8 Å². The van der Waals surface area contributed by atoms with Crippen LogP contribution in [0.3, 0.4) is 0 Å². The fourth-order valence-corrected chi connectivity index (χ4v) is 3.64. The van der Waals surface area contributed by atoms with Crippen molar-refractivity contribution < 1.29 is 8.42 Å². The van der Waals surface area contributed by atoms with Gasteiger partial charge < -0.3 is 0 Å². The predicted molar refractivity (Wildman–Crippen MR) is 93.8 cm³/mol. The van der Waals surface area contributed by atoms with Crippen molar-refractivity contribution in [3.8, 4) is 5.69 Å². The molecule has 3 aromatic rings. The van der Waals surface area contributed by atoms with Crippen LogP contribution in [-0.2, 0) is 16.6 Å². The number of sulfonamides is 1. The Kier molecular flexibility index (Phi) is 4.10. The first-order valence-electron chi connectivity index (χ1n) is 8.16. The normalized spacial score (nSPS) is 14.6. The van der Waals surface area contributed by atoms with E-state index in [1.165, 1.54) is 12.8 Å². The van der Waals surface area contributed by atoms with Crippen LogP contribution < -0.4 is 4.72 Å². The van der Waals surface area contributed by atoms with Gasteiger partial charge in [0.15, 0.2) is 0 Å². The second-order valence-electron chi connectivity index (χ2n) is 6.13. The van der Waals surface area contributed by atoms with E-state index in [4.69, 9.17) is 0 Å². The minimum absolute atomic E-state index is 0.223. The van der Waals surface area contributed by atoms with E-state index in [1.54, 1.807) is 47.5 Å². The highest BCUT2D eigenvalue weighted by atomic mass is 32.2. The minimum Gasteiger partial charge on any atom is -0.261 e. The molecule has 2 aromatic heterocycles. The number of nitrogens with zero attached hydrogens (tertiary/aromatic N) is 3. The predicted octanol–water partition coefficient (Wildman–Crippen LogP) is 2.62. The highest BCUT2D eigenvalue weighted by molar-refractivity contribution is 7.89. The van der Waals surface area contributed by atoms with Crippen molar-refractivity contribution in [1.82, 2.24) is 19.5 Å². The fraction of sp³-hybridized carbons (Fsp3) is 0.222. The molecule has 128 valence electrons. The lowest BCUT2D eigenvalue weighted by molar-refractivity contribution is 0.581. The Hall–Kier alpha value is -2.51. The molecule has 6 nitrogen and oxygen atoms in total. The maximum Gasteiger partial charge on any atom is 0.240 e. The summed E-state index contributed by atoms with van der Waals surface area (Å²) in [6.45, 7) is 0.223. The summed E-state index contributed by atoms with van der Waals surface area (Å²) in [7, 11) is -3.57. The highest BCUT2D eigenvalue weighted by Crippen LogP contribution is 2.38. The molecule has 0 atom stereocenters. The molecule has 0 spiro atoms. The third-order valence-electron chi connectivity index (χ3n) is 4.23. The summed E-state index contributed by atoms with van der Waals surface area (Å²) >= 11 is 0. The standard InChI is InChI=1S/C18H18N4O2S/c23-25(24,17-7-5-16(6-8-17)22-11-1-10-20-22)21-13-14-2-9-18(19-12-14)15-3-4-15/h1-2,5-12,15,21H,3-4,13H2. The van der Waals surface area contributed by atoms with Crippen LogP contribution in [0.4, 0.5) is 0 Å². The molecule has 1 saturated carbocycles. The Morgan fingerprint density at radius 1 is 1.12 bits per heavy atom. The molecule has 1 N–H and O–H groups in total. The van der Waals surface area contributed by atoms with Crippen molar-refractivity contribution in [3.05, 3.63) is 72.3 Å². The molecule has 1 fully saturated rings. The Morgan fingerprint density at radius 3 is 2.52 bits per heavy atom. The Bertz CT molecular complexity index is 945. The Balaban J connectivity index is 1.43. The summed E-state index contributed by atoms with van der Waals surface area (Å²) in [5.74, 6) is 0.596. The van der Waals surface area contributed by atoms with E-state index >= 15 is 0 Å². The van der Waals surface area contributed by atoms with Crippen LogP contribution in [0.1, 0.15) is 30.0 Å². The van der Waals surface area contributed by atoms with E-state index in [0.717, 1.165) is 16.9 Å². The summed E-state index contributed by atoms with van der Waals surface area (Å²) in [6.07, 6.45) is 7.63. The largest absolute Gasteiger partial charge is 0.261 e. The zero-order valence-electron chi connectivity index (χ0n) is 13.5. The quantitative estimate of drug-likeness (QED) is 0.738. The third-order valence-corrected chi connectivity index (χ3v) is 5.64. The van der Waals surface area contributed by atoms with Crippen LogP contribution in [0.15, 0.2) is 66.0 Å². The lowest BCUT2D eigenvalue weighted by Crippen LogP contribution is -2.23. The first-order valence-corrected chi connectivity index (χ1v) is 9.65. The molecular formula is C18H18N4O2S. The van der Waals surface area contributed by atoms with Gasteiger partial charge in [0.1, 0.15) is 0 Å². The molecular weight excluding hydrogens is 336 g/mol. The molecule has 0 radical (unpaired) electrons. The van der Waals surface area contributed by atoms with Crippen LogP contribution >= 0.6 is 0 Å². The molecule has 1 aromatic carbocycles. The molecule has 1 aliphatic carbocycles. The Labute approximate surface area is 146 Å². The van der Waals surface area contributed by atoms with Crippen LogP contribution in [0, 0.1) is 0 Å². The summed E-state index contributed by atoms with van der Waals surface area (Å²) < 4.78 is 29.2. The van der Waals surface area contributed by atoms with Gasteiger partial charge in [-0.1, -0.05) is 6.07 Å². The number of nitrogens with one attached hydrogen (secondary N) is 1. The summed E-state index contributed by atoms with van der Waals surface area (Å²) in [5, 5.41) is 4.12. The van der Waals surface area contributed by atoms with E-state index in [1.807, 2.05) is 18.2 Å². The van der Waals surface area contributed by atoms with E-state index in [-0.39, 0.29) is 11.4 Å². The average Bonchev–Trinajstić information content (AvgIpc) is 3.35. The topological polar surface area (TPSA) is 76.9 Å². The molecule has 2 heterocycles. The van der Waals surface area contributed by atoms with Crippen LogP contribution in [-0.4, -0.2) is 23.2 Å². The van der Waals surface area contributed by atoms with Crippen molar-refractivity contribution in [2.24, 2.45) is 0 Å². The Morgan fingerprint density at radius 2 is 1.92 bits per heavy atom. The van der Waals surface area contributed by atoms with Crippen molar-refractivity contribution in [2.45, 2.75) is 30.2 Å². The lowest BCUT2D eigenvalue weighted by atomic mass is 10.2. The second-order valence-corrected chi connectivity index (χ2v) is 7.90. The second kappa shape index (κ2) is 6.42. The van der Waals surface area contributed by atoms with Gasteiger partial charge in [-0.15, -0.1) is 0 Å². The summed E-state index contributed by atoms with van der Waals surface area (Å²) in [5.41, 5.74) is 2.76. The fourth-order valence-electron chi connectivity index (χ4n) is 2.62. The molecule has 0 aliphatic heterocycles. The SMILES string of the molecule is O=S(=O)(NCc1ccc(C2CC2)nc1)c1ccc(-n2cccn2)cc1. The average molecular weight is 354 g/mol. The molecule has 4 rings (SSSR count). The number of hydrogen-bond donors (Lipinski definition) is 1. The maximum absolute atomic E-state index is 12.4. The first-order chi connectivity index (χ1) is 12.1. The van der Waals surface area contributed by atoms with Crippen molar-refractivity contribution >= 4 is 10.0 Å². The number of pyridine rings is 1. The maximum atomic E-state index is 12.4. The molecule has 0 bridgehead atoms.